The third-order valence-electron chi connectivity index (χ3n) is 6.58. The zero-order chi connectivity index (χ0) is 28.6. The van der Waals surface area contributed by atoms with Crippen molar-refractivity contribution in [3.8, 4) is 17.3 Å². The minimum absolute atomic E-state index is 0.299. The number of carbonyl (C=O) groups is 1. The number of benzene rings is 1. The van der Waals surface area contributed by atoms with Gasteiger partial charge in [0.05, 0.1) is 17.6 Å². The molecule has 0 spiro atoms. The van der Waals surface area contributed by atoms with Gasteiger partial charge in [0.25, 0.3) is 0 Å². The van der Waals surface area contributed by atoms with Gasteiger partial charge in [-0.1, -0.05) is 18.3 Å². The van der Waals surface area contributed by atoms with Crippen LogP contribution in [-0.2, 0) is 11.2 Å². The zero-order valence-electron chi connectivity index (χ0n) is 23.2. The Hall–Kier alpha value is -4.24. The van der Waals surface area contributed by atoms with Crippen LogP contribution in [0.2, 0.25) is 0 Å². The number of thiazole rings is 1. The number of fused-ring (bicyclic) bond motifs is 1. The summed E-state index contributed by atoms with van der Waals surface area (Å²) in [4.78, 5) is 32.9. The molecule has 0 unspecified atom stereocenters. The van der Waals surface area contributed by atoms with Gasteiger partial charge in [0.2, 0.25) is 5.78 Å². The van der Waals surface area contributed by atoms with Crippen LogP contribution < -0.4 is 9.80 Å². The number of halogens is 1. The van der Waals surface area contributed by atoms with E-state index in [2.05, 4.69) is 16.0 Å². The van der Waals surface area contributed by atoms with E-state index in [4.69, 9.17) is 14.7 Å². The van der Waals surface area contributed by atoms with Gasteiger partial charge >= 0.3 is 6.09 Å². The largest absolute Gasteiger partial charge is 0.444 e. The Kier molecular flexibility index (Phi) is 7.33. The topological polar surface area (TPSA) is 103 Å². The molecule has 1 fully saturated rings. The summed E-state index contributed by atoms with van der Waals surface area (Å²) in [6.07, 6.45) is 4.18. The van der Waals surface area contributed by atoms with Gasteiger partial charge in [0.15, 0.2) is 5.13 Å². The quantitative estimate of drug-likeness (QED) is 0.325. The smallest absolute Gasteiger partial charge is 0.410 e. The molecule has 208 valence electrons. The highest BCUT2D eigenvalue weighted by Gasteiger charge is 2.27. The first-order valence-corrected chi connectivity index (χ1v) is 13.9. The van der Waals surface area contributed by atoms with E-state index in [1.807, 2.05) is 50.2 Å². The number of ether oxygens (including phenoxy) is 1. The SMILES string of the molecule is CCc1nc2ncc(N3CCN(C(=O)OC(C)(C)C)CC3)cn2c1N(C)c1nc(-c2ccc(F)cc2)c(C#N)s1. The molecule has 4 heterocycles. The molecule has 0 radical (unpaired) electrons. The molecule has 0 atom stereocenters. The van der Waals surface area contributed by atoms with Gasteiger partial charge in [-0.2, -0.15) is 5.26 Å². The van der Waals surface area contributed by atoms with Crippen molar-refractivity contribution in [3.05, 3.63) is 53.0 Å². The maximum Gasteiger partial charge on any atom is 0.410 e. The number of hydrogen-bond donors (Lipinski definition) is 0. The summed E-state index contributed by atoms with van der Waals surface area (Å²) in [6, 6.07) is 8.20. The molecule has 1 amide bonds. The molecule has 0 bridgehead atoms. The normalized spacial score (nSPS) is 13.9. The van der Waals surface area contributed by atoms with E-state index in [1.54, 1.807) is 23.2 Å². The number of piperazine rings is 1. The highest BCUT2D eigenvalue weighted by molar-refractivity contribution is 7.16. The minimum Gasteiger partial charge on any atom is -0.444 e. The lowest BCUT2D eigenvalue weighted by Gasteiger charge is -2.36. The van der Waals surface area contributed by atoms with Crippen LogP contribution in [0.3, 0.4) is 0 Å². The third kappa shape index (κ3) is 5.42. The highest BCUT2D eigenvalue weighted by Crippen LogP contribution is 2.37. The fourth-order valence-corrected chi connectivity index (χ4v) is 5.46. The van der Waals surface area contributed by atoms with Crippen molar-refractivity contribution in [1.29, 1.82) is 5.26 Å². The van der Waals surface area contributed by atoms with Crippen LogP contribution in [0.25, 0.3) is 17.0 Å². The number of rotatable bonds is 5. The second kappa shape index (κ2) is 10.7. The van der Waals surface area contributed by atoms with Gasteiger partial charge < -0.3 is 19.4 Å². The zero-order valence-corrected chi connectivity index (χ0v) is 24.0. The average Bonchev–Trinajstić information content (AvgIpc) is 3.53. The fourth-order valence-electron chi connectivity index (χ4n) is 4.61. The lowest BCUT2D eigenvalue weighted by molar-refractivity contribution is 0.0240. The molecule has 4 aromatic rings. The van der Waals surface area contributed by atoms with Gasteiger partial charge in [0, 0.05) is 45.0 Å². The molecule has 1 aliphatic heterocycles. The van der Waals surface area contributed by atoms with Crippen LogP contribution >= 0.6 is 11.3 Å². The maximum absolute atomic E-state index is 13.5. The summed E-state index contributed by atoms with van der Waals surface area (Å²) in [5.74, 6) is 1.02. The van der Waals surface area contributed by atoms with Crippen molar-refractivity contribution in [1.82, 2.24) is 24.3 Å². The molecule has 10 nitrogen and oxygen atoms in total. The van der Waals surface area contributed by atoms with E-state index < -0.39 is 5.60 Å². The third-order valence-corrected chi connectivity index (χ3v) is 7.62. The number of aromatic nitrogens is 4. The summed E-state index contributed by atoms with van der Waals surface area (Å²) in [5, 5.41) is 10.4. The number of carbonyl (C=O) groups excluding carboxylic acids is 1. The number of nitriles is 1. The molecule has 5 rings (SSSR count). The standard InChI is InChI=1S/C28H31FN8O2S/c1-6-21-24(34(5)26-33-23(22(15-30)40-26)18-7-9-19(29)10-8-18)37-17-20(16-31-25(37)32-21)35-11-13-36(14-12-35)27(38)39-28(2,3)4/h7-10,16-17H,6,11-14H2,1-5H3. The fraction of sp³-hybridized carbons (Fsp3) is 0.393. The Bertz CT molecular complexity index is 1580. The van der Waals surface area contributed by atoms with Gasteiger partial charge in [-0.05, 0) is 51.5 Å². The van der Waals surface area contributed by atoms with E-state index >= 15 is 0 Å². The molecule has 40 heavy (non-hydrogen) atoms. The van der Waals surface area contributed by atoms with E-state index in [0.29, 0.717) is 59.6 Å². The Balaban J connectivity index is 1.43. The lowest BCUT2D eigenvalue weighted by Crippen LogP contribution is -2.50. The van der Waals surface area contributed by atoms with Crippen LogP contribution in [0.15, 0.2) is 36.7 Å². The Morgan fingerprint density at radius 1 is 1.18 bits per heavy atom. The molecular formula is C28H31FN8O2S. The van der Waals surface area contributed by atoms with Crippen molar-refractivity contribution in [3.63, 3.8) is 0 Å². The molecule has 0 N–H and O–H groups in total. The predicted octanol–water partition coefficient (Wildman–Crippen LogP) is 5.25. The molecule has 1 saturated heterocycles. The summed E-state index contributed by atoms with van der Waals surface area (Å²) in [5.41, 5.74) is 2.42. The minimum atomic E-state index is -0.533. The van der Waals surface area contributed by atoms with Crippen LogP contribution in [-0.4, -0.2) is 69.2 Å². The van der Waals surface area contributed by atoms with Gasteiger partial charge in [-0.15, -0.1) is 0 Å². The van der Waals surface area contributed by atoms with E-state index in [-0.39, 0.29) is 11.9 Å². The lowest BCUT2D eigenvalue weighted by atomic mass is 10.1. The molecule has 1 aromatic carbocycles. The average molecular weight is 563 g/mol. The van der Waals surface area contributed by atoms with Crippen molar-refractivity contribution < 1.29 is 13.9 Å². The summed E-state index contributed by atoms with van der Waals surface area (Å²) in [7, 11) is 1.89. The summed E-state index contributed by atoms with van der Waals surface area (Å²) >= 11 is 1.27. The molecule has 3 aromatic heterocycles. The predicted molar refractivity (Wildman–Crippen MR) is 153 cm³/mol. The van der Waals surface area contributed by atoms with E-state index in [1.165, 1.54) is 23.5 Å². The summed E-state index contributed by atoms with van der Waals surface area (Å²) in [6.45, 7) is 10.0. The second-order valence-corrected chi connectivity index (χ2v) is 11.5. The summed E-state index contributed by atoms with van der Waals surface area (Å²) < 4.78 is 21.0. The molecule has 1 aliphatic rings. The Labute approximate surface area is 236 Å². The highest BCUT2D eigenvalue weighted by atomic mass is 32.1. The Morgan fingerprint density at radius 3 is 2.50 bits per heavy atom. The maximum atomic E-state index is 13.5. The van der Waals surface area contributed by atoms with Crippen LogP contribution in [0.5, 0.6) is 0 Å². The van der Waals surface area contributed by atoms with Crippen LogP contribution in [0.4, 0.5) is 25.8 Å². The van der Waals surface area contributed by atoms with Crippen molar-refractivity contribution >= 4 is 39.8 Å². The van der Waals surface area contributed by atoms with Crippen molar-refractivity contribution in [2.45, 2.75) is 39.7 Å². The number of imidazole rings is 1. The number of anilines is 3. The molecule has 0 aliphatic carbocycles. The van der Waals surface area contributed by atoms with Gasteiger partial charge in [-0.25, -0.2) is 24.1 Å². The van der Waals surface area contributed by atoms with Crippen molar-refractivity contribution in [2.24, 2.45) is 0 Å². The molecule has 0 saturated carbocycles. The van der Waals surface area contributed by atoms with E-state index in [9.17, 15) is 14.4 Å². The second-order valence-electron chi connectivity index (χ2n) is 10.5. The van der Waals surface area contributed by atoms with Gasteiger partial charge in [0.1, 0.15) is 33.9 Å². The first-order chi connectivity index (χ1) is 19.1. The van der Waals surface area contributed by atoms with Crippen LogP contribution in [0.1, 0.15) is 38.3 Å². The number of hydrogen-bond acceptors (Lipinski definition) is 9. The monoisotopic (exact) mass is 562 g/mol. The first kappa shape index (κ1) is 27.3. The number of amides is 1. The van der Waals surface area contributed by atoms with E-state index in [0.717, 1.165) is 17.2 Å². The molecular weight excluding hydrogens is 531 g/mol. The first-order valence-electron chi connectivity index (χ1n) is 13.1. The van der Waals surface area contributed by atoms with Crippen LogP contribution in [0, 0.1) is 17.1 Å². The number of nitrogens with zero attached hydrogens (tertiary/aromatic N) is 8. The van der Waals surface area contributed by atoms with Gasteiger partial charge in [-0.3, -0.25) is 4.40 Å². The number of aryl methyl sites for hydroxylation is 1. The Morgan fingerprint density at radius 2 is 1.88 bits per heavy atom. The van der Waals surface area contributed by atoms with Crippen molar-refractivity contribution in [2.75, 3.05) is 43.0 Å². The molecule has 12 heteroatoms.